The van der Waals surface area contributed by atoms with E-state index in [1.165, 1.54) is 0 Å². The average molecular weight is 301 g/mol. The molecule has 1 atom stereocenters. The topological polar surface area (TPSA) is 85.1 Å². The number of rotatable bonds is 5. The van der Waals surface area contributed by atoms with Crippen LogP contribution in [0.15, 0.2) is 4.42 Å². The van der Waals surface area contributed by atoms with Gasteiger partial charge in [0.25, 0.3) is 0 Å². The number of aromatic nitrogens is 2. The van der Waals surface area contributed by atoms with Crippen molar-refractivity contribution in [3.8, 4) is 0 Å². The van der Waals surface area contributed by atoms with E-state index in [0.717, 1.165) is 19.4 Å². The molecule has 0 aromatic carbocycles. The van der Waals surface area contributed by atoms with Gasteiger partial charge in [-0.3, -0.25) is 0 Å². The molecule has 1 unspecified atom stereocenters. The van der Waals surface area contributed by atoms with Crippen molar-refractivity contribution in [2.75, 3.05) is 18.1 Å². The maximum absolute atomic E-state index is 11.4. The highest BCUT2D eigenvalue weighted by molar-refractivity contribution is 7.91. The Labute approximate surface area is 120 Å². The minimum atomic E-state index is -2.91. The number of hydrogen-bond acceptors (Lipinski definition) is 6. The summed E-state index contributed by atoms with van der Waals surface area (Å²) in [6, 6.07) is 0. The summed E-state index contributed by atoms with van der Waals surface area (Å²) in [5.41, 5.74) is 0.109. The van der Waals surface area contributed by atoms with Crippen LogP contribution in [-0.2, 0) is 16.3 Å². The van der Waals surface area contributed by atoms with Crippen molar-refractivity contribution in [1.82, 2.24) is 15.5 Å². The minimum absolute atomic E-state index is 0.109. The van der Waals surface area contributed by atoms with Gasteiger partial charge in [-0.15, -0.1) is 10.2 Å². The maximum Gasteiger partial charge on any atom is 0.220 e. The van der Waals surface area contributed by atoms with Crippen molar-refractivity contribution in [1.29, 1.82) is 0 Å². The largest absolute Gasteiger partial charge is 0.425 e. The fraction of sp³-hybridized carbons (Fsp3) is 0.846. The second kappa shape index (κ2) is 5.81. The summed E-state index contributed by atoms with van der Waals surface area (Å²) in [6.07, 6.45) is 2.23. The molecule has 1 aromatic rings. The Morgan fingerprint density at radius 3 is 2.70 bits per heavy atom. The smallest absolute Gasteiger partial charge is 0.220 e. The molecule has 2 heterocycles. The predicted molar refractivity (Wildman–Crippen MR) is 76.4 cm³/mol. The molecule has 1 aliphatic rings. The standard InChI is InChI=1S/C13H23N3O3S/c1-13(2,3)14-7-4-5-11-15-16-12(19-11)10-6-8-20(17,18)9-10/h10,14H,4-9H2,1-3H3. The van der Waals surface area contributed by atoms with E-state index in [1.54, 1.807) is 0 Å². The van der Waals surface area contributed by atoms with Crippen molar-refractivity contribution < 1.29 is 12.8 Å². The molecule has 6 nitrogen and oxygen atoms in total. The van der Waals surface area contributed by atoms with E-state index in [1.807, 2.05) is 0 Å². The third kappa shape index (κ3) is 4.56. The van der Waals surface area contributed by atoms with Crippen molar-refractivity contribution >= 4 is 9.84 Å². The highest BCUT2D eigenvalue weighted by Crippen LogP contribution is 2.27. The van der Waals surface area contributed by atoms with Gasteiger partial charge in [-0.05, 0) is 40.2 Å². The summed E-state index contributed by atoms with van der Waals surface area (Å²) in [6.45, 7) is 7.26. The number of aryl methyl sites for hydroxylation is 1. The van der Waals surface area contributed by atoms with Gasteiger partial charge in [-0.25, -0.2) is 8.42 Å². The summed E-state index contributed by atoms with van der Waals surface area (Å²) in [7, 11) is -2.91. The molecule has 0 aliphatic carbocycles. The molecule has 1 aliphatic heterocycles. The van der Waals surface area contributed by atoms with Crippen molar-refractivity contribution in [2.24, 2.45) is 0 Å². The summed E-state index contributed by atoms with van der Waals surface area (Å²) >= 11 is 0. The molecule has 0 saturated carbocycles. The molecule has 1 N–H and O–H groups in total. The second-order valence-electron chi connectivity index (χ2n) is 6.41. The number of nitrogens with zero attached hydrogens (tertiary/aromatic N) is 2. The molecule has 1 aromatic heterocycles. The molecular weight excluding hydrogens is 278 g/mol. The fourth-order valence-electron chi connectivity index (χ4n) is 2.23. The van der Waals surface area contributed by atoms with E-state index in [-0.39, 0.29) is 23.0 Å². The Hall–Kier alpha value is -0.950. The molecule has 0 radical (unpaired) electrons. The van der Waals surface area contributed by atoms with Crippen LogP contribution in [0.25, 0.3) is 0 Å². The first-order valence-electron chi connectivity index (χ1n) is 7.03. The first-order valence-corrected chi connectivity index (χ1v) is 8.85. The van der Waals surface area contributed by atoms with Crippen LogP contribution >= 0.6 is 0 Å². The number of sulfone groups is 1. The summed E-state index contributed by atoms with van der Waals surface area (Å²) in [4.78, 5) is 0. The van der Waals surface area contributed by atoms with Crippen LogP contribution in [0.1, 0.15) is 51.3 Å². The lowest BCUT2D eigenvalue weighted by atomic mass is 10.1. The second-order valence-corrected chi connectivity index (χ2v) is 8.64. The van der Waals surface area contributed by atoms with E-state index in [2.05, 4.69) is 36.3 Å². The zero-order valence-corrected chi connectivity index (χ0v) is 13.2. The quantitative estimate of drug-likeness (QED) is 0.825. The molecule has 0 amide bonds. The lowest BCUT2D eigenvalue weighted by molar-refractivity contribution is 0.398. The zero-order valence-electron chi connectivity index (χ0n) is 12.3. The average Bonchev–Trinajstić information content (AvgIpc) is 2.89. The van der Waals surface area contributed by atoms with Crippen molar-refractivity contribution in [3.63, 3.8) is 0 Å². The third-order valence-electron chi connectivity index (χ3n) is 3.29. The Morgan fingerprint density at radius 2 is 2.10 bits per heavy atom. The molecule has 1 saturated heterocycles. The molecule has 7 heteroatoms. The van der Waals surface area contributed by atoms with Crippen LogP contribution in [0.2, 0.25) is 0 Å². The zero-order chi connectivity index (χ0) is 14.8. The van der Waals surface area contributed by atoms with Gasteiger partial charge in [0.2, 0.25) is 11.8 Å². The Bertz CT molecular complexity index is 545. The SMILES string of the molecule is CC(C)(C)NCCCc1nnc(C2CCS(=O)(=O)C2)o1. The summed E-state index contributed by atoms with van der Waals surface area (Å²) < 4.78 is 28.4. The Balaban J connectivity index is 1.81. The minimum Gasteiger partial charge on any atom is -0.425 e. The first-order chi connectivity index (χ1) is 9.25. The number of nitrogens with one attached hydrogen (secondary N) is 1. The van der Waals surface area contributed by atoms with Gasteiger partial charge in [-0.1, -0.05) is 0 Å². The van der Waals surface area contributed by atoms with Crippen molar-refractivity contribution in [3.05, 3.63) is 11.8 Å². The van der Waals surface area contributed by atoms with Crippen LogP contribution in [0.4, 0.5) is 0 Å². The van der Waals surface area contributed by atoms with Crippen LogP contribution in [0.5, 0.6) is 0 Å². The van der Waals surface area contributed by atoms with Crippen LogP contribution in [-0.4, -0.2) is 42.2 Å². The monoisotopic (exact) mass is 301 g/mol. The molecule has 20 heavy (non-hydrogen) atoms. The lowest BCUT2D eigenvalue weighted by Gasteiger charge is -2.19. The van der Waals surface area contributed by atoms with E-state index in [0.29, 0.717) is 18.2 Å². The summed E-state index contributed by atoms with van der Waals surface area (Å²) in [5, 5.41) is 11.4. The Morgan fingerprint density at radius 1 is 1.35 bits per heavy atom. The molecule has 1 fully saturated rings. The summed E-state index contributed by atoms with van der Waals surface area (Å²) in [5.74, 6) is 1.32. The highest BCUT2D eigenvalue weighted by atomic mass is 32.2. The maximum atomic E-state index is 11.4. The fourth-order valence-corrected chi connectivity index (χ4v) is 3.96. The number of hydrogen-bond donors (Lipinski definition) is 1. The Kier molecular flexibility index (Phi) is 4.49. The van der Waals surface area contributed by atoms with Gasteiger partial charge >= 0.3 is 0 Å². The van der Waals surface area contributed by atoms with Gasteiger partial charge < -0.3 is 9.73 Å². The van der Waals surface area contributed by atoms with E-state index in [9.17, 15) is 8.42 Å². The third-order valence-corrected chi connectivity index (χ3v) is 5.05. The van der Waals surface area contributed by atoms with E-state index >= 15 is 0 Å². The van der Waals surface area contributed by atoms with Gasteiger partial charge in [0.05, 0.1) is 17.4 Å². The molecule has 2 rings (SSSR count). The van der Waals surface area contributed by atoms with E-state index < -0.39 is 9.84 Å². The van der Waals surface area contributed by atoms with Gasteiger partial charge in [-0.2, -0.15) is 0 Å². The first kappa shape index (κ1) is 15.4. The van der Waals surface area contributed by atoms with E-state index in [4.69, 9.17) is 4.42 Å². The molecular formula is C13H23N3O3S. The van der Waals surface area contributed by atoms with Crippen LogP contribution in [0.3, 0.4) is 0 Å². The van der Waals surface area contributed by atoms with Crippen LogP contribution in [0, 0.1) is 0 Å². The predicted octanol–water partition coefficient (Wildman–Crippen LogP) is 1.29. The van der Waals surface area contributed by atoms with Gasteiger partial charge in [0, 0.05) is 12.0 Å². The molecule has 0 bridgehead atoms. The highest BCUT2D eigenvalue weighted by Gasteiger charge is 2.32. The van der Waals surface area contributed by atoms with Crippen molar-refractivity contribution in [2.45, 2.75) is 51.5 Å². The van der Waals surface area contributed by atoms with Gasteiger partial charge in [0.15, 0.2) is 9.84 Å². The molecule has 114 valence electrons. The van der Waals surface area contributed by atoms with Crippen LogP contribution < -0.4 is 5.32 Å². The normalized spacial score (nSPS) is 22.2. The lowest BCUT2D eigenvalue weighted by Crippen LogP contribution is -2.36. The molecule has 0 spiro atoms. The van der Waals surface area contributed by atoms with Gasteiger partial charge in [0.1, 0.15) is 0 Å².